The lowest BCUT2D eigenvalue weighted by Crippen LogP contribution is -2.32. The monoisotopic (exact) mass is 270 g/mol. The molecule has 1 heterocycles. The van der Waals surface area contributed by atoms with E-state index in [1.54, 1.807) is 12.1 Å². The largest absolute Gasteiger partial charge is 0.349 e. The number of halogens is 1. The number of aromatic amines is 1. The number of hydrogen-bond donors (Lipinski definition) is 2. The van der Waals surface area contributed by atoms with Crippen LogP contribution in [0.15, 0.2) is 23.0 Å². The Kier molecular flexibility index (Phi) is 4.96. The van der Waals surface area contributed by atoms with Crippen molar-refractivity contribution < 1.29 is 4.79 Å². The van der Waals surface area contributed by atoms with Crippen molar-refractivity contribution in [1.29, 1.82) is 0 Å². The number of pyridine rings is 1. The molecular weight excluding hydrogens is 252 g/mol. The maximum Gasteiger partial charge on any atom is 0.267 e. The number of H-pyrrole nitrogens is 1. The molecule has 0 aliphatic carbocycles. The summed E-state index contributed by atoms with van der Waals surface area (Å²) < 4.78 is 0. The van der Waals surface area contributed by atoms with Crippen LogP contribution in [-0.2, 0) is 0 Å². The van der Waals surface area contributed by atoms with Crippen LogP contribution in [-0.4, -0.2) is 22.8 Å². The van der Waals surface area contributed by atoms with Gasteiger partial charge in [-0.2, -0.15) is 0 Å². The highest BCUT2D eigenvalue weighted by Gasteiger charge is 2.17. The first kappa shape index (κ1) is 14.8. The van der Waals surface area contributed by atoms with Crippen LogP contribution in [0.5, 0.6) is 0 Å². The molecular formula is C13H19ClN2O2. The number of nitrogens with one attached hydrogen (secondary N) is 2. The van der Waals surface area contributed by atoms with E-state index in [0.29, 0.717) is 6.54 Å². The van der Waals surface area contributed by atoms with Crippen molar-refractivity contribution in [2.45, 2.75) is 32.6 Å². The van der Waals surface area contributed by atoms with Crippen LogP contribution in [0.3, 0.4) is 0 Å². The summed E-state index contributed by atoms with van der Waals surface area (Å²) in [5, 5.41) is 2.59. The third kappa shape index (κ3) is 5.36. The normalized spacial score (nSPS) is 13.1. The van der Waals surface area contributed by atoms with Gasteiger partial charge in [-0.1, -0.05) is 26.8 Å². The Morgan fingerprint density at radius 1 is 1.44 bits per heavy atom. The van der Waals surface area contributed by atoms with Gasteiger partial charge in [0, 0.05) is 12.6 Å². The van der Waals surface area contributed by atoms with Gasteiger partial charge in [0.05, 0.1) is 5.38 Å². The van der Waals surface area contributed by atoms with Gasteiger partial charge in [-0.25, -0.2) is 0 Å². The van der Waals surface area contributed by atoms with Crippen molar-refractivity contribution in [2.75, 3.05) is 6.54 Å². The average molecular weight is 271 g/mol. The third-order valence-electron chi connectivity index (χ3n) is 2.33. The Morgan fingerprint density at radius 2 is 2.11 bits per heavy atom. The van der Waals surface area contributed by atoms with Crippen LogP contribution in [0, 0.1) is 5.41 Å². The van der Waals surface area contributed by atoms with E-state index in [4.69, 9.17) is 11.6 Å². The summed E-state index contributed by atoms with van der Waals surface area (Å²) in [5.41, 5.74) is 0.0833. The molecule has 18 heavy (non-hydrogen) atoms. The van der Waals surface area contributed by atoms with Gasteiger partial charge < -0.3 is 10.3 Å². The number of amides is 1. The van der Waals surface area contributed by atoms with E-state index in [1.165, 1.54) is 6.07 Å². The molecule has 1 rings (SSSR count). The molecule has 0 bridgehead atoms. The number of alkyl halides is 1. The second-order valence-electron chi connectivity index (χ2n) is 5.50. The smallest absolute Gasteiger partial charge is 0.267 e. The topological polar surface area (TPSA) is 62.0 Å². The van der Waals surface area contributed by atoms with E-state index >= 15 is 0 Å². The standard InChI is InChI=1S/C13H19ClN2O2/c1-13(2,3)7-9(14)8-15-12(18)10-5-4-6-11(17)16-10/h4-6,9H,7-8H2,1-3H3,(H,15,18)(H,16,17). The highest BCUT2D eigenvalue weighted by Crippen LogP contribution is 2.23. The molecule has 1 aromatic heterocycles. The van der Waals surface area contributed by atoms with Gasteiger partial charge in [-0.3, -0.25) is 9.59 Å². The maximum absolute atomic E-state index is 11.7. The van der Waals surface area contributed by atoms with E-state index in [2.05, 4.69) is 31.1 Å². The summed E-state index contributed by atoms with van der Waals surface area (Å²) in [6, 6.07) is 4.46. The first-order valence-electron chi connectivity index (χ1n) is 5.89. The maximum atomic E-state index is 11.7. The molecule has 0 saturated carbocycles. The predicted octanol–water partition coefficient (Wildman–Crippen LogP) is 2.15. The second-order valence-corrected chi connectivity index (χ2v) is 6.12. The zero-order valence-electron chi connectivity index (χ0n) is 10.9. The molecule has 4 nitrogen and oxygen atoms in total. The molecule has 0 radical (unpaired) electrons. The van der Waals surface area contributed by atoms with Crippen molar-refractivity contribution in [1.82, 2.24) is 10.3 Å². The lowest BCUT2D eigenvalue weighted by Gasteiger charge is -2.21. The molecule has 5 heteroatoms. The Labute approximate surface area is 112 Å². The van der Waals surface area contributed by atoms with Crippen molar-refractivity contribution in [2.24, 2.45) is 5.41 Å². The zero-order valence-corrected chi connectivity index (χ0v) is 11.7. The van der Waals surface area contributed by atoms with Gasteiger partial charge in [0.25, 0.3) is 5.91 Å². The Morgan fingerprint density at radius 3 is 2.67 bits per heavy atom. The van der Waals surface area contributed by atoms with E-state index < -0.39 is 0 Å². The summed E-state index contributed by atoms with van der Waals surface area (Å²) >= 11 is 6.14. The molecule has 1 aromatic rings. The predicted molar refractivity (Wildman–Crippen MR) is 73.1 cm³/mol. The lowest BCUT2D eigenvalue weighted by molar-refractivity contribution is 0.0946. The number of carbonyl (C=O) groups is 1. The summed E-state index contributed by atoms with van der Waals surface area (Å²) in [5.74, 6) is -0.313. The van der Waals surface area contributed by atoms with E-state index in [1.807, 2.05) is 0 Å². The fourth-order valence-electron chi connectivity index (χ4n) is 1.62. The van der Waals surface area contributed by atoms with Crippen LogP contribution < -0.4 is 10.9 Å². The number of hydrogen-bond acceptors (Lipinski definition) is 2. The molecule has 0 aliphatic rings. The first-order valence-corrected chi connectivity index (χ1v) is 6.33. The minimum Gasteiger partial charge on any atom is -0.349 e. The quantitative estimate of drug-likeness (QED) is 0.824. The fourth-order valence-corrected chi connectivity index (χ4v) is 2.16. The molecule has 0 spiro atoms. The average Bonchev–Trinajstić information content (AvgIpc) is 2.23. The van der Waals surface area contributed by atoms with Crippen LogP contribution in [0.25, 0.3) is 0 Å². The molecule has 1 atom stereocenters. The zero-order chi connectivity index (χ0) is 13.8. The lowest BCUT2D eigenvalue weighted by atomic mass is 9.90. The Hall–Kier alpha value is -1.29. The molecule has 0 saturated heterocycles. The molecule has 2 N–H and O–H groups in total. The summed E-state index contributed by atoms with van der Waals surface area (Å²) in [6.07, 6.45) is 0.806. The molecule has 100 valence electrons. The third-order valence-corrected chi connectivity index (χ3v) is 2.64. The second kappa shape index (κ2) is 6.05. The molecule has 0 aromatic carbocycles. The van der Waals surface area contributed by atoms with Crippen LogP contribution in [0.1, 0.15) is 37.7 Å². The van der Waals surface area contributed by atoms with Crippen LogP contribution in [0.2, 0.25) is 0 Å². The highest BCUT2D eigenvalue weighted by atomic mass is 35.5. The van der Waals surface area contributed by atoms with Gasteiger partial charge in [0.15, 0.2) is 0 Å². The molecule has 0 fully saturated rings. The number of rotatable bonds is 4. The fraction of sp³-hybridized carbons (Fsp3) is 0.538. The summed E-state index contributed by atoms with van der Waals surface area (Å²) in [6.45, 7) is 6.67. The minimum absolute atomic E-state index is 0.121. The van der Waals surface area contributed by atoms with Gasteiger partial charge in [0.2, 0.25) is 5.56 Å². The molecule has 1 unspecified atom stereocenters. The van der Waals surface area contributed by atoms with Crippen LogP contribution in [0.4, 0.5) is 0 Å². The SMILES string of the molecule is CC(C)(C)CC(Cl)CNC(=O)c1cccc(=O)[nH]1. The van der Waals surface area contributed by atoms with E-state index in [0.717, 1.165) is 6.42 Å². The number of aromatic nitrogens is 1. The van der Waals surface area contributed by atoms with Gasteiger partial charge in [0.1, 0.15) is 5.69 Å². The number of carbonyl (C=O) groups excluding carboxylic acids is 1. The van der Waals surface area contributed by atoms with E-state index in [9.17, 15) is 9.59 Å². The van der Waals surface area contributed by atoms with Crippen molar-refractivity contribution in [3.63, 3.8) is 0 Å². The first-order chi connectivity index (χ1) is 8.28. The highest BCUT2D eigenvalue weighted by molar-refractivity contribution is 6.21. The van der Waals surface area contributed by atoms with Crippen molar-refractivity contribution in [3.8, 4) is 0 Å². The van der Waals surface area contributed by atoms with Crippen molar-refractivity contribution >= 4 is 17.5 Å². The molecule has 0 aliphatic heterocycles. The van der Waals surface area contributed by atoms with Gasteiger partial charge >= 0.3 is 0 Å². The summed E-state index contributed by atoms with van der Waals surface area (Å²) in [4.78, 5) is 25.3. The van der Waals surface area contributed by atoms with Gasteiger partial charge in [-0.05, 0) is 17.9 Å². The summed E-state index contributed by atoms with van der Waals surface area (Å²) in [7, 11) is 0. The minimum atomic E-state index is -0.313. The van der Waals surface area contributed by atoms with Gasteiger partial charge in [-0.15, -0.1) is 11.6 Å². The van der Waals surface area contributed by atoms with Crippen LogP contribution >= 0.6 is 11.6 Å². The Bertz CT molecular complexity index is 463. The van der Waals surface area contributed by atoms with Crippen molar-refractivity contribution in [3.05, 3.63) is 34.2 Å². The Balaban J connectivity index is 2.49. The molecule has 1 amide bonds. The van der Waals surface area contributed by atoms with E-state index in [-0.39, 0.29) is 28.0 Å².